The maximum absolute atomic E-state index is 13.6. The van der Waals surface area contributed by atoms with Crippen molar-refractivity contribution in [3.63, 3.8) is 0 Å². The van der Waals surface area contributed by atoms with Crippen molar-refractivity contribution in [2.45, 2.75) is 10.9 Å². The number of nitrogens with zero attached hydrogens (tertiary/aromatic N) is 3. The van der Waals surface area contributed by atoms with E-state index >= 15 is 0 Å². The highest BCUT2D eigenvalue weighted by Gasteiger charge is 2.36. The number of rotatable bonds is 3. The second kappa shape index (κ2) is 7.93. The summed E-state index contributed by atoms with van der Waals surface area (Å²) >= 11 is 0. The molecule has 0 bridgehead atoms. The second-order valence-corrected chi connectivity index (χ2v) is 8.00. The molecule has 27 heavy (non-hydrogen) atoms. The Morgan fingerprint density at radius 2 is 1.93 bits per heavy atom. The van der Waals surface area contributed by atoms with Gasteiger partial charge in [0, 0.05) is 39.9 Å². The fourth-order valence-electron chi connectivity index (χ4n) is 3.05. The summed E-state index contributed by atoms with van der Waals surface area (Å²) in [5.41, 5.74) is -1.01. The van der Waals surface area contributed by atoms with Crippen LogP contribution in [0.2, 0.25) is 0 Å². The highest BCUT2D eigenvalue weighted by Crippen LogP contribution is 2.28. The van der Waals surface area contributed by atoms with Gasteiger partial charge in [0.2, 0.25) is 0 Å². The first kappa shape index (κ1) is 21.3. The van der Waals surface area contributed by atoms with Gasteiger partial charge in [0.25, 0.3) is 15.6 Å². The summed E-state index contributed by atoms with van der Waals surface area (Å²) in [5, 5.41) is 3.09. The Hall–Kier alpha value is -2.01. The molecule has 148 valence electrons. The molecule has 1 N–H and O–H groups in total. The molecule has 1 unspecified atom stereocenters. The number of halogens is 2. The summed E-state index contributed by atoms with van der Waals surface area (Å²) in [6, 6.07) is 5.05. The van der Waals surface area contributed by atoms with Crippen LogP contribution < -0.4 is 16.6 Å². The fourth-order valence-corrected chi connectivity index (χ4v) is 4.81. The molecule has 1 atom stereocenters. The maximum Gasteiger partial charge on any atom is 0.330 e. The predicted molar refractivity (Wildman–Crippen MR) is 100 cm³/mol. The molecule has 3 rings (SSSR count). The van der Waals surface area contributed by atoms with Gasteiger partial charge < -0.3 is 9.88 Å². The molecule has 0 amide bonds. The Bertz CT molecular complexity index is 1070. The minimum absolute atomic E-state index is 0. The van der Waals surface area contributed by atoms with Gasteiger partial charge in [-0.2, -0.15) is 4.31 Å². The van der Waals surface area contributed by atoms with Crippen LogP contribution in [0.3, 0.4) is 0 Å². The third-order valence-electron chi connectivity index (χ3n) is 4.43. The van der Waals surface area contributed by atoms with E-state index in [9.17, 15) is 22.4 Å². The van der Waals surface area contributed by atoms with Crippen molar-refractivity contribution >= 4 is 22.4 Å². The molecule has 1 saturated heterocycles. The molecule has 1 aliphatic rings. The van der Waals surface area contributed by atoms with Gasteiger partial charge in [-0.3, -0.25) is 9.36 Å². The summed E-state index contributed by atoms with van der Waals surface area (Å²) in [6.07, 6.45) is 1.03. The molecule has 2 heterocycles. The lowest BCUT2D eigenvalue weighted by molar-refractivity contribution is 0.270. The van der Waals surface area contributed by atoms with Gasteiger partial charge in [0.05, 0.1) is 6.04 Å². The van der Waals surface area contributed by atoms with Gasteiger partial charge in [0.15, 0.2) is 4.90 Å². The lowest BCUT2D eigenvalue weighted by Crippen LogP contribution is -2.50. The number of hydrogen-bond donors (Lipinski definition) is 1. The second-order valence-electron chi connectivity index (χ2n) is 6.14. The van der Waals surface area contributed by atoms with Crippen LogP contribution >= 0.6 is 12.4 Å². The zero-order valence-corrected chi connectivity index (χ0v) is 16.4. The van der Waals surface area contributed by atoms with Crippen LogP contribution in [-0.4, -0.2) is 41.5 Å². The zero-order chi connectivity index (χ0) is 19.1. The van der Waals surface area contributed by atoms with Crippen molar-refractivity contribution in [3.8, 4) is 0 Å². The van der Waals surface area contributed by atoms with Crippen molar-refractivity contribution < 1.29 is 12.8 Å². The quantitative estimate of drug-likeness (QED) is 0.756. The third-order valence-corrected chi connectivity index (χ3v) is 6.32. The highest BCUT2D eigenvalue weighted by molar-refractivity contribution is 7.89. The number of nitrogens with one attached hydrogen (secondary N) is 1. The Morgan fingerprint density at radius 1 is 1.22 bits per heavy atom. The number of hydrogen-bond acceptors (Lipinski definition) is 5. The maximum atomic E-state index is 13.6. The van der Waals surface area contributed by atoms with Gasteiger partial charge in [0.1, 0.15) is 5.82 Å². The number of sulfonamides is 1. The normalized spacial score (nSPS) is 18.1. The van der Waals surface area contributed by atoms with Gasteiger partial charge >= 0.3 is 5.69 Å². The lowest BCUT2D eigenvalue weighted by atomic mass is 10.1. The van der Waals surface area contributed by atoms with Crippen LogP contribution in [0.5, 0.6) is 0 Å². The van der Waals surface area contributed by atoms with Crippen LogP contribution in [0, 0.1) is 5.82 Å². The molecule has 11 heteroatoms. The minimum atomic E-state index is -4.19. The molecule has 1 aliphatic heterocycles. The fraction of sp³-hybridized carbons (Fsp3) is 0.375. The first-order chi connectivity index (χ1) is 12.2. The Balaban J connectivity index is 0.00000261. The van der Waals surface area contributed by atoms with Gasteiger partial charge in [-0.05, 0) is 17.7 Å². The van der Waals surface area contributed by atoms with Crippen molar-refractivity contribution in [1.82, 2.24) is 18.8 Å². The number of benzene rings is 1. The minimum Gasteiger partial charge on any atom is -0.313 e. The Morgan fingerprint density at radius 3 is 2.59 bits per heavy atom. The number of aryl methyl sites for hydroxylation is 1. The topological polar surface area (TPSA) is 93.4 Å². The summed E-state index contributed by atoms with van der Waals surface area (Å²) in [7, 11) is -1.58. The van der Waals surface area contributed by atoms with Crippen molar-refractivity contribution in [3.05, 3.63) is 62.7 Å². The number of aromatic nitrogens is 2. The highest BCUT2D eigenvalue weighted by atomic mass is 35.5. The average molecular weight is 419 g/mol. The van der Waals surface area contributed by atoms with Crippen molar-refractivity contribution in [1.29, 1.82) is 0 Å². The molecular formula is C16H20ClFN4O4S. The van der Waals surface area contributed by atoms with Crippen LogP contribution in [0.15, 0.2) is 44.9 Å². The van der Waals surface area contributed by atoms with E-state index in [1.54, 1.807) is 6.07 Å². The molecule has 0 spiro atoms. The van der Waals surface area contributed by atoms with Crippen molar-refractivity contribution in [2.75, 3.05) is 19.6 Å². The summed E-state index contributed by atoms with van der Waals surface area (Å²) < 4.78 is 42.9. The SMILES string of the molecule is Cl.Cn1cc(S(=O)(=O)N2CCNCC2c2cccc(F)c2)c(=O)n(C)c1=O. The Kier molecular flexibility index (Phi) is 6.25. The van der Waals surface area contributed by atoms with E-state index < -0.39 is 38.0 Å². The van der Waals surface area contributed by atoms with E-state index in [2.05, 4.69) is 5.32 Å². The molecule has 0 radical (unpaired) electrons. The predicted octanol–water partition coefficient (Wildman–Crippen LogP) is -0.0199. The molecule has 0 saturated carbocycles. The van der Waals surface area contributed by atoms with Crippen LogP contribution in [0.4, 0.5) is 4.39 Å². The standard InChI is InChI=1S/C16H19FN4O4S.ClH/c1-19-10-14(15(22)20(2)16(19)23)26(24,25)21-7-6-18-9-13(21)11-4-3-5-12(17)8-11;/h3-5,8,10,13,18H,6-7,9H2,1-2H3;1H. The van der Waals surface area contributed by atoms with E-state index in [1.807, 2.05) is 0 Å². The van der Waals surface area contributed by atoms with Gasteiger partial charge in [-0.1, -0.05) is 12.1 Å². The van der Waals surface area contributed by atoms with Crippen LogP contribution in [-0.2, 0) is 24.1 Å². The molecule has 1 fully saturated rings. The molecule has 1 aromatic carbocycles. The van der Waals surface area contributed by atoms with E-state index in [0.29, 0.717) is 12.1 Å². The van der Waals surface area contributed by atoms with E-state index in [1.165, 1.54) is 36.6 Å². The molecule has 1 aromatic heterocycles. The summed E-state index contributed by atoms with van der Waals surface area (Å²) in [5.74, 6) is -0.469. The molecular weight excluding hydrogens is 399 g/mol. The first-order valence-corrected chi connectivity index (χ1v) is 9.42. The van der Waals surface area contributed by atoms with Gasteiger partial charge in [-0.15, -0.1) is 12.4 Å². The molecule has 0 aliphatic carbocycles. The van der Waals surface area contributed by atoms with Crippen LogP contribution in [0.25, 0.3) is 0 Å². The molecule has 8 nitrogen and oxygen atoms in total. The Labute approximate surface area is 161 Å². The smallest absolute Gasteiger partial charge is 0.313 e. The van der Waals surface area contributed by atoms with Crippen molar-refractivity contribution in [2.24, 2.45) is 14.1 Å². The summed E-state index contributed by atoms with van der Waals surface area (Å²) in [4.78, 5) is 23.7. The van der Waals surface area contributed by atoms with Crippen LogP contribution in [0.1, 0.15) is 11.6 Å². The van der Waals surface area contributed by atoms with E-state index in [-0.39, 0.29) is 25.5 Å². The monoisotopic (exact) mass is 418 g/mol. The van der Waals surface area contributed by atoms with E-state index in [0.717, 1.165) is 15.3 Å². The largest absolute Gasteiger partial charge is 0.330 e. The average Bonchev–Trinajstić information content (AvgIpc) is 2.63. The lowest BCUT2D eigenvalue weighted by Gasteiger charge is -2.35. The van der Waals surface area contributed by atoms with E-state index in [4.69, 9.17) is 0 Å². The van der Waals surface area contributed by atoms with Gasteiger partial charge in [-0.25, -0.2) is 17.6 Å². The zero-order valence-electron chi connectivity index (χ0n) is 14.8. The number of piperazine rings is 1. The first-order valence-electron chi connectivity index (χ1n) is 7.98. The molecule has 2 aromatic rings. The third kappa shape index (κ3) is 3.84. The summed E-state index contributed by atoms with van der Waals surface area (Å²) in [6.45, 7) is 0.807.